The zero-order chi connectivity index (χ0) is 22.0. The van der Waals surface area contributed by atoms with Gasteiger partial charge in [0.25, 0.3) is 5.91 Å². The number of anilines is 1. The van der Waals surface area contributed by atoms with E-state index in [0.29, 0.717) is 5.56 Å². The maximum absolute atomic E-state index is 13.8. The Morgan fingerprint density at radius 2 is 1.45 bits per heavy atom. The highest BCUT2D eigenvalue weighted by molar-refractivity contribution is 6.04. The van der Waals surface area contributed by atoms with Gasteiger partial charge in [-0.3, -0.25) is 9.48 Å². The largest absolute Gasteiger partial charge is 0.305 e. The molecule has 4 aromatic rings. The summed E-state index contributed by atoms with van der Waals surface area (Å²) in [5.74, 6) is -6.27. The van der Waals surface area contributed by atoms with Gasteiger partial charge in [0.05, 0.1) is 12.1 Å². The van der Waals surface area contributed by atoms with Gasteiger partial charge in [-0.2, -0.15) is 5.10 Å². The fourth-order valence-corrected chi connectivity index (χ4v) is 3.07. The summed E-state index contributed by atoms with van der Waals surface area (Å²) in [4.78, 5) is 12.4. The zero-order valence-corrected chi connectivity index (χ0v) is 15.9. The lowest BCUT2D eigenvalue weighted by Crippen LogP contribution is -2.13. The second-order valence-corrected chi connectivity index (χ2v) is 6.74. The molecule has 31 heavy (non-hydrogen) atoms. The number of rotatable bonds is 5. The van der Waals surface area contributed by atoms with Crippen LogP contribution in [0.4, 0.5) is 23.4 Å². The van der Waals surface area contributed by atoms with E-state index >= 15 is 0 Å². The van der Waals surface area contributed by atoms with E-state index in [4.69, 9.17) is 0 Å². The van der Waals surface area contributed by atoms with Gasteiger partial charge in [0, 0.05) is 23.9 Å². The van der Waals surface area contributed by atoms with E-state index in [1.165, 1.54) is 12.3 Å². The van der Waals surface area contributed by atoms with Crippen molar-refractivity contribution in [2.45, 2.75) is 6.54 Å². The molecule has 0 saturated heterocycles. The Labute approximate surface area is 174 Å². The zero-order valence-electron chi connectivity index (χ0n) is 15.9. The third-order valence-corrected chi connectivity index (χ3v) is 4.66. The summed E-state index contributed by atoms with van der Waals surface area (Å²) >= 11 is 0. The molecule has 8 heteroatoms. The minimum atomic E-state index is -1.49. The molecule has 0 spiro atoms. The monoisotopic (exact) mass is 425 g/mol. The van der Waals surface area contributed by atoms with E-state index in [1.54, 1.807) is 12.1 Å². The van der Waals surface area contributed by atoms with Gasteiger partial charge in [-0.05, 0) is 23.3 Å². The molecule has 0 radical (unpaired) electrons. The minimum Gasteiger partial charge on any atom is -0.305 e. The molecule has 0 unspecified atom stereocenters. The van der Waals surface area contributed by atoms with Crippen LogP contribution in [0.1, 0.15) is 15.9 Å². The second kappa shape index (κ2) is 8.43. The number of halogens is 4. The lowest BCUT2D eigenvalue weighted by molar-refractivity contribution is 0.102. The Morgan fingerprint density at radius 1 is 0.839 bits per heavy atom. The molecule has 156 valence electrons. The number of amides is 1. The molecule has 1 heterocycles. The molecule has 4 nitrogen and oxygen atoms in total. The summed E-state index contributed by atoms with van der Waals surface area (Å²) in [5.41, 5.74) is 1.56. The van der Waals surface area contributed by atoms with Crippen LogP contribution in [0.3, 0.4) is 0 Å². The number of benzene rings is 3. The van der Waals surface area contributed by atoms with Gasteiger partial charge in [0.2, 0.25) is 0 Å². The highest BCUT2D eigenvalue weighted by Gasteiger charge is 2.20. The molecule has 0 fully saturated rings. The standard InChI is InChI=1S/C23H15F4N3O/c24-18-12-19(25)22(27)17(21(18)26)13-30-11-10-20(29-30)28-23(31)16-8-6-15(7-9-16)14-4-2-1-3-5-14/h1-12H,13H2,(H,28,29,31). The van der Waals surface area contributed by atoms with E-state index in [0.717, 1.165) is 15.8 Å². The average molecular weight is 425 g/mol. The predicted octanol–water partition coefficient (Wildman–Crippen LogP) is 5.41. The number of nitrogens with zero attached hydrogens (tertiary/aromatic N) is 2. The van der Waals surface area contributed by atoms with E-state index in [2.05, 4.69) is 10.4 Å². The van der Waals surface area contributed by atoms with Gasteiger partial charge in [-0.1, -0.05) is 42.5 Å². The molecule has 0 atom stereocenters. The predicted molar refractivity (Wildman–Crippen MR) is 107 cm³/mol. The van der Waals surface area contributed by atoms with Crippen LogP contribution in [0.15, 0.2) is 72.9 Å². The summed E-state index contributed by atoms with van der Waals surface area (Å²) in [6.45, 7) is -0.548. The number of carbonyl (C=O) groups is 1. The van der Waals surface area contributed by atoms with Gasteiger partial charge in [-0.15, -0.1) is 0 Å². The number of aromatic nitrogens is 2. The van der Waals surface area contributed by atoms with Crippen LogP contribution in [0.5, 0.6) is 0 Å². The lowest BCUT2D eigenvalue weighted by atomic mass is 10.0. The molecule has 1 amide bonds. The topological polar surface area (TPSA) is 46.9 Å². The number of hydrogen-bond donors (Lipinski definition) is 1. The molecule has 0 bridgehead atoms. The summed E-state index contributed by atoms with van der Waals surface area (Å²) < 4.78 is 55.4. The summed E-state index contributed by atoms with van der Waals surface area (Å²) in [6, 6.07) is 18.2. The Bertz CT molecular complexity index is 1210. The molecule has 1 aromatic heterocycles. The smallest absolute Gasteiger partial charge is 0.256 e. The van der Waals surface area contributed by atoms with Crippen LogP contribution < -0.4 is 5.32 Å². The SMILES string of the molecule is O=C(Nc1ccn(Cc2c(F)c(F)cc(F)c2F)n1)c1ccc(-c2ccccc2)cc1. The van der Waals surface area contributed by atoms with Gasteiger partial charge in [0.1, 0.15) is 0 Å². The van der Waals surface area contributed by atoms with Crippen molar-refractivity contribution in [2.24, 2.45) is 0 Å². The van der Waals surface area contributed by atoms with E-state index in [9.17, 15) is 22.4 Å². The van der Waals surface area contributed by atoms with Gasteiger partial charge in [0.15, 0.2) is 29.1 Å². The normalized spacial score (nSPS) is 10.8. The molecular weight excluding hydrogens is 410 g/mol. The molecule has 0 aliphatic rings. The van der Waals surface area contributed by atoms with Crippen LogP contribution in [0.25, 0.3) is 11.1 Å². The third kappa shape index (κ3) is 4.32. The summed E-state index contributed by atoms with van der Waals surface area (Å²) in [6.07, 6.45) is 1.33. The Morgan fingerprint density at radius 3 is 2.10 bits per heavy atom. The van der Waals surface area contributed by atoms with Crippen molar-refractivity contribution in [1.29, 1.82) is 0 Å². The van der Waals surface area contributed by atoms with Crippen molar-refractivity contribution < 1.29 is 22.4 Å². The minimum absolute atomic E-state index is 0.120. The lowest BCUT2D eigenvalue weighted by Gasteiger charge is -2.07. The van der Waals surface area contributed by atoms with Gasteiger partial charge in [-0.25, -0.2) is 17.6 Å². The number of nitrogens with one attached hydrogen (secondary N) is 1. The fourth-order valence-electron chi connectivity index (χ4n) is 3.07. The van der Waals surface area contributed by atoms with E-state index in [1.807, 2.05) is 42.5 Å². The highest BCUT2D eigenvalue weighted by atomic mass is 19.2. The Balaban J connectivity index is 1.46. The second-order valence-electron chi connectivity index (χ2n) is 6.74. The van der Waals surface area contributed by atoms with Crippen LogP contribution in [0, 0.1) is 23.3 Å². The van der Waals surface area contributed by atoms with Crippen LogP contribution in [0.2, 0.25) is 0 Å². The van der Waals surface area contributed by atoms with Crippen molar-refractivity contribution in [3.8, 4) is 11.1 Å². The summed E-state index contributed by atoms with van der Waals surface area (Å²) in [5, 5.41) is 6.55. The van der Waals surface area contributed by atoms with Crippen molar-refractivity contribution in [1.82, 2.24) is 9.78 Å². The highest BCUT2D eigenvalue weighted by Crippen LogP contribution is 2.21. The first-order valence-electron chi connectivity index (χ1n) is 9.24. The van der Waals surface area contributed by atoms with Gasteiger partial charge < -0.3 is 5.32 Å². The molecule has 1 N–H and O–H groups in total. The molecular formula is C23H15F4N3O. The van der Waals surface area contributed by atoms with Crippen molar-refractivity contribution in [2.75, 3.05) is 5.32 Å². The quantitative estimate of drug-likeness (QED) is 0.344. The van der Waals surface area contributed by atoms with Crippen LogP contribution in [-0.4, -0.2) is 15.7 Å². The first-order chi connectivity index (χ1) is 14.9. The van der Waals surface area contributed by atoms with Gasteiger partial charge >= 0.3 is 0 Å². The Hall–Kier alpha value is -3.94. The Kier molecular flexibility index (Phi) is 5.53. The third-order valence-electron chi connectivity index (χ3n) is 4.66. The van der Waals surface area contributed by atoms with Crippen molar-refractivity contribution in [3.63, 3.8) is 0 Å². The van der Waals surface area contributed by atoms with Crippen molar-refractivity contribution in [3.05, 3.63) is 107 Å². The fraction of sp³-hybridized carbons (Fsp3) is 0.0435. The van der Waals surface area contributed by atoms with E-state index in [-0.39, 0.29) is 11.9 Å². The molecule has 0 aliphatic heterocycles. The van der Waals surface area contributed by atoms with E-state index < -0.39 is 41.3 Å². The average Bonchev–Trinajstić information content (AvgIpc) is 3.23. The molecule has 4 rings (SSSR count). The number of hydrogen-bond acceptors (Lipinski definition) is 2. The van der Waals surface area contributed by atoms with Crippen LogP contribution >= 0.6 is 0 Å². The van der Waals surface area contributed by atoms with Crippen LogP contribution in [-0.2, 0) is 6.54 Å². The molecule has 3 aromatic carbocycles. The first-order valence-corrected chi connectivity index (χ1v) is 9.24. The maximum atomic E-state index is 13.8. The molecule has 0 saturated carbocycles. The maximum Gasteiger partial charge on any atom is 0.256 e. The van der Waals surface area contributed by atoms with Crippen molar-refractivity contribution >= 4 is 11.7 Å². The molecule has 0 aliphatic carbocycles. The first kappa shape index (κ1) is 20.3. The summed E-state index contributed by atoms with van der Waals surface area (Å²) in [7, 11) is 0. The number of carbonyl (C=O) groups excluding carboxylic acids is 1.